The molecule has 0 aliphatic rings. The molecule has 0 unspecified atom stereocenters. The highest BCUT2D eigenvalue weighted by molar-refractivity contribution is 7.96. The first-order chi connectivity index (χ1) is 8.08. The molecule has 0 fully saturated rings. The minimum atomic E-state index is -0.324. The fourth-order valence-electron chi connectivity index (χ4n) is 1.67. The number of aryl methyl sites for hydroxylation is 1. The quantitative estimate of drug-likeness (QED) is 0.793. The summed E-state index contributed by atoms with van der Waals surface area (Å²) < 4.78 is 10.5. The summed E-state index contributed by atoms with van der Waals surface area (Å²) >= 11 is 3.65. The zero-order valence-corrected chi connectivity index (χ0v) is 11.1. The van der Waals surface area contributed by atoms with Crippen LogP contribution in [0.15, 0.2) is 12.1 Å². The van der Waals surface area contributed by atoms with Crippen LogP contribution >= 0.6 is 12.6 Å². The predicted octanol–water partition coefficient (Wildman–Crippen LogP) is 2.19. The van der Waals surface area contributed by atoms with E-state index in [0.717, 1.165) is 22.6 Å². The van der Waals surface area contributed by atoms with Gasteiger partial charge in [0, 0.05) is 12.6 Å². The smallest absolute Gasteiger partial charge is 0.275 e. The van der Waals surface area contributed by atoms with Crippen molar-refractivity contribution in [3.63, 3.8) is 0 Å². The van der Waals surface area contributed by atoms with Crippen LogP contribution in [0.4, 0.5) is 4.79 Å². The van der Waals surface area contributed by atoms with Gasteiger partial charge in [0.15, 0.2) is 0 Å². The van der Waals surface area contributed by atoms with Gasteiger partial charge in [-0.15, -0.1) is 0 Å². The van der Waals surface area contributed by atoms with E-state index < -0.39 is 0 Å². The van der Waals surface area contributed by atoms with Crippen molar-refractivity contribution in [2.45, 2.75) is 13.3 Å². The molecule has 0 atom stereocenters. The summed E-state index contributed by atoms with van der Waals surface area (Å²) in [6, 6.07) is 3.78. The normalized spacial score (nSPS) is 9.88. The Bertz CT molecular complexity index is 407. The van der Waals surface area contributed by atoms with Crippen molar-refractivity contribution < 1.29 is 14.3 Å². The Morgan fingerprint density at radius 1 is 1.35 bits per heavy atom. The molecule has 0 saturated heterocycles. The lowest BCUT2D eigenvalue weighted by atomic mass is 10.0. The van der Waals surface area contributed by atoms with E-state index in [9.17, 15) is 4.79 Å². The number of methoxy groups -OCH3 is 2. The van der Waals surface area contributed by atoms with Crippen molar-refractivity contribution in [1.29, 1.82) is 0 Å². The van der Waals surface area contributed by atoms with Crippen LogP contribution in [0.2, 0.25) is 0 Å². The molecule has 0 heterocycles. The maximum Gasteiger partial charge on any atom is 0.275 e. The lowest BCUT2D eigenvalue weighted by molar-refractivity contribution is 0.261. The zero-order valence-electron chi connectivity index (χ0n) is 10.2. The Morgan fingerprint density at radius 3 is 2.59 bits per heavy atom. The van der Waals surface area contributed by atoms with Crippen LogP contribution in [0.5, 0.6) is 11.5 Å². The Balaban J connectivity index is 2.86. The van der Waals surface area contributed by atoms with Gasteiger partial charge in [-0.3, -0.25) is 4.79 Å². The summed E-state index contributed by atoms with van der Waals surface area (Å²) in [4.78, 5) is 10.7. The molecule has 0 bridgehead atoms. The molecule has 1 N–H and O–H groups in total. The Kier molecular flexibility index (Phi) is 5.15. The SMILES string of the molecule is COc1cc(C)c(CCNC(=O)S)c(OC)c1. The molecular weight excluding hydrogens is 238 g/mol. The van der Waals surface area contributed by atoms with Gasteiger partial charge in [-0.1, -0.05) is 12.6 Å². The average molecular weight is 255 g/mol. The molecule has 0 aliphatic heterocycles. The summed E-state index contributed by atoms with van der Waals surface area (Å²) in [6.07, 6.45) is 0.700. The molecule has 0 saturated carbocycles. The second-order valence-electron chi connectivity index (χ2n) is 3.61. The van der Waals surface area contributed by atoms with Crippen LogP contribution in [0.3, 0.4) is 0 Å². The summed E-state index contributed by atoms with van der Waals surface area (Å²) in [5.41, 5.74) is 2.14. The molecule has 4 nitrogen and oxygen atoms in total. The molecule has 17 heavy (non-hydrogen) atoms. The zero-order chi connectivity index (χ0) is 12.8. The fourth-order valence-corrected chi connectivity index (χ4v) is 1.78. The second-order valence-corrected chi connectivity index (χ2v) is 4.01. The number of hydrogen-bond donors (Lipinski definition) is 2. The van der Waals surface area contributed by atoms with E-state index in [1.807, 2.05) is 19.1 Å². The summed E-state index contributed by atoms with van der Waals surface area (Å²) in [5.74, 6) is 1.54. The van der Waals surface area contributed by atoms with Gasteiger partial charge in [-0.2, -0.15) is 0 Å². The van der Waals surface area contributed by atoms with Crippen LogP contribution in [-0.4, -0.2) is 26.0 Å². The van der Waals surface area contributed by atoms with Crippen molar-refractivity contribution >= 4 is 17.9 Å². The predicted molar refractivity (Wildman–Crippen MR) is 70.4 cm³/mol. The number of rotatable bonds is 5. The summed E-state index contributed by atoms with van der Waals surface area (Å²) in [7, 11) is 3.24. The van der Waals surface area contributed by atoms with Crippen LogP contribution < -0.4 is 14.8 Å². The molecule has 1 aromatic carbocycles. The van der Waals surface area contributed by atoms with Gasteiger partial charge in [-0.05, 0) is 30.5 Å². The van der Waals surface area contributed by atoms with Crippen LogP contribution in [0.25, 0.3) is 0 Å². The molecule has 1 aromatic rings. The van der Waals surface area contributed by atoms with Crippen LogP contribution in [0, 0.1) is 6.92 Å². The third-order valence-corrected chi connectivity index (χ3v) is 2.67. The Labute approximate surface area is 107 Å². The number of benzene rings is 1. The fraction of sp³-hybridized carbons (Fsp3) is 0.417. The average Bonchev–Trinajstić information content (AvgIpc) is 2.30. The van der Waals surface area contributed by atoms with Gasteiger partial charge >= 0.3 is 0 Å². The maximum atomic E-state index is 10.7. The number of hydrogen-bond acceptors (Lipinski definition) is 3. The molecule has 94 valence electrons. The monoisotopic (exact) mass is 255 g/mol. The van der Waals surface area contributed by atoms with Gasteiger partial charge in [0.05, 0.1) is 14.2 Å². The Hall–Kier alpha value is -1.36. The van der Waals surface area contributed by atoms with Crippen molar-refractivity contribution in [2.24, 2.45) is 0 Å². The third-order valence-electron chi connectivity index (χ3n) is 2.51. The van der Waals surface area contributed by atoms with E-state index in [2.05, 4.69) is 17.9 Å². The largest absolute Gasteiger partial charge is 0.497 e. The molecule has 0 radical (unpaired) electrons. The van der Waals surface area contributed by atoms with Gasteiger partial charge in [0.1, 0.15) is 11.5 Å². The van der Waals surface area contributed by atoms with Gasteiger partial charge in [-0.25, -0.2) is 0 Å². The van der Waals surface area contributed by atoms with E-state index >= 15 is 0 Å². The minimum absolute atomic E-state index is 0.324. The molecule has 0 aromatic heterocycles. The molecule has 5 heteroatoms. The van der Waals surface area contributed by atoms with Gasteiger partial charge in [0.25, 0.3) is 5.24 Å². The lowest BCUT2D eigenvalue weighted by Crippen LogP contribution is -2.20. The summed E-state index contributed by atoms with van der Waals surface area (Å²) in [6.45, 7) is 2.52. The first-order valence-electron chi connectivity index (χ1n) is 5.26. The highest BCUT2D eigenvalue weighted by Gasteiger charge is 2.09. The number of ether oxygens (including phenoxy) is 2. The van der Waals surface area contributed by atoms with Crippen LogP contribution in [0.1, 0.15) is 11.1 Å². The standard InChI is InChI=1S/C12H17NO3S/c1-8-6-9(15-2)7-11(16-3)10(8)4-5-13-12(14)17/h6-7H,4-5H2,1-3H3,(H2,13,14,17). The van der Waals surface area contributed by atoms with Crippen molar-refractivity contribution in [1.82, 2.24) is 5.32 Å². The van der Waals surface area contributed by atoms with Crippen molar-refractivity contribution in [3.05, 3.63) is 23.3 Å². The first kappa shape index (κ1) is 13.7. The molecule has 0 spiro atoms. The number of amides is 1. The Morgan fingerprint density at radius 2 is 2.06 bits per heavy atom. The molecule has 0 aliphatic carbocycles. The molecular formula is C12H17NO3S. The van der Waals surface area contributed by atoms with E-state index in [-0.39, 0.29) is 5.24 Å². The second kappa shape index (κ2) is 6.39. The van der Waals surface area contributed by atoms with E-state index in [1.165, 1.54) is 0 Å². The van der Waals surface area contributed by atoms with Crippen LogP contribution in [-0.2, 0) is 6.42 Å². The number of thiol groups is 1. The van der Waals surface area contributed by atoms with Crippen molar-refractivity contribution in [3.8, 4) is 11.5 Å². The number of nitrogens with one attached hydrogen (secondary N) is 1. The highest BCUT2D eigenvalue weighted by Crippen LogP contribution is 2.28. The van der Waals surface area contributed by atoms with Gasteiger partial charge < -0.3 is 14.8 Å². The molecule has 1 amide bonds. The van der Waals surface area contributed by atoms with Crippen molar-refractivity contribution in [2.75, 3.05) is 20.8 Å². The highest BCUT2D eigenvalue weighted by atomic mass is 32.1. The van der Waals surface area contributed by atoms with E-state index in [1.54, 1.807) is 14.2 Å². The van der Waals surface area contributed by atoms with Gasteiger partial charge in [0.2, 0.25) is 0 Å². The third kappa shape index (κ3) is 3.85. The first-order valence-corrected chi connectivity index (χ1v) is 5.71. The summed E-state index contributed by atoms with van der Waals surface area (Å²) in [5, 5.41) is 2.32. The minimum Gasteiger partial charge on any atom is -0.497 e. The maximum absolute atomic E-state index is 10.7. The topological polar surface area (TPSA) is 47.6 Å². The number of carbonyl (C=O) groups is 1. The lowest BCUT2D eigenvalue weighted by Gasteiger charge is -2.13. The number of carbonyl (C=O) groups excluding carboxylic acids is 1. The molecule has 1 rings (SSSR count). The van der Waals surface area contributed by atoms with E-state index in [4.69, 9.17) is 9.47 Å². The van der Waals surface area contributed by atoms with E-state index in [0.29, 0.717) is 13.0 Å².